The van der Waals surface area contributed by atoms with Crippen LogP contribution in [-0.4, -0.2) is 29.6 Å². The molecule has 5 nitrogen and oxygen atoms in total. The van der Waals surface area contributed by atoms with Gasteiger partial charge in [-0.15, -0.1) is 0 Å². The number of halogens is 1. The summed E-state index contributed by atoms with van der Waals surface area (Å²) in [7, 11) is 1.32. The summed E-state index contributed by atoms with van der Waals surface area (Å²) in [5.74, 6) is 0.385. The van der Waals surface area contributed by atoms with Gasteiger partial charge in [-0.3, -0.25) is 0 Å². The van der Waals surface area contributed by atoms with Crippen molar-refractivity contribution in [2.45, 2.75) is 33.1 Å². The Balaban J connectivity index is 3.23. The van der Waals surface area contributed by atoms with Gasteiger partial charge in [0.05, 0.1) is 17.3 Å². The topological polar surface area (TPSA) is 64.1 Å². The number of hydrogen-bond donors (Lipinski definition) is 1. The van der Waals surface area contributed by atoms with Crippen molar-refractivity contribution < 1.29 is 9.53 Å². The van der Waals surface area contributed by atoms with E-state index in [4.69, 9.17) is 0 Å². The molecule has 1 aromatic heterocycles. The number of rotatable bonds is 5. The fraction of sp³-hybridized carbons (Fsp3) is 0.583. The Labute approximate surface area is 115 Å². The summed E-state index contributed by atoms with van der Waals surface area (Å²) < 4.78 is 5.47. The summed E-state index contributed by atoms with van der Waals surface area (Å²) in [6.45, 7) is 6.87. The van der Waals surface area contributed by atoms with Crippen molar-refractivity contribution in [1.82, 2.24) is 9.97 Å². The summed E-state index contributed by atoms with van der Waals surface area (Å²) in [6.07, 6.45) is 0.973. The number of carbonyl (C=O) groups is 1. The molecular formula is C12H18BrN3O2. The second kappa shape index (κ2) is 6.68. The van der Waals surface area contributed by atoms with Crippen LogP contribution in [0, 0.1) is 0 Å². The van der Waals surface area contributed by atoms with Crippen LogP contribution < -0.4 is 5.32 Å². The maximum atomic E-state index is 11.5. The summed E-state index contributed by atoms with van der Waals surface area (Å²) in [6, 6.07) is 0. The van der Waals surface area contributed by atoms with Crippen LogP contribution in [0.3, 0.4) is 0 Å². The molecule has 1 aromatic rings. The molecule has 0 atom stereocenters. The molecule has 18 heavy (non-hydrogen) atoms. The molecular weight excluding hydrogens is 298 g/mol. The van der Waals surface area contributed by atoms with Gasteiger partial charge >= 0.3 is 5.97 Å². The van der Waals surface area contributed by atoms with Gasteiger partial charge in [0, 0.05) is 6.54 Å². The Morgan fingerprint density at radius 1 is 1.44 bits per heavy atom. The smallest absolute Gasteiger partial charge is 0.376 e. The van der Waals surface area contributed by atoms with E-state index >= 15 is 0 Å². The van der Waals surface area contributed by atoms with Crippen molar-refractivity contribution in [2.24, 2.45) is 0 Å². The maximum absolute atomic E-state index is 11.5. The second-order valence-corrected chi connectivity index (χ2v) is 4.96. The predicted octanol–water partition coefficient (Wildman–Crippen LogP) is 2.97. The van der Waals surface area contributed by atoms with Gasteiger partial charge in [-0.2, -0.15) is 0 Å². The van der Waals surface area contributed by atoms with E-state index in [1.807, 2.05) is 13.8 Å². The van der Waals surface area contributed by atoms with E-state index < -0.39 is 5.97 Å². The van der Waals surface area contributed by atoms with E-state index in [0.717, 1.165) is 23.1 Å². The van der Waals surface area contributed by atoms with Gasteiger partial charge in [0.1, 0.15) is 5.82 Å². The lowest BCUT2D eigenvalue weighted by atomic mass is 10.1. The van der Waals surface area contributed by atoms with E-state index in [1.54, 1.807) is 0 Å². The summed E-state index contributed by atoms with van der Waals surface area (Å²) >= 11 is 3.48. The number of carbonyl (C=O) groups excluding carboxylic acids is 1. The van der Waals surface area contributed by atoms with Crippen molar-refractivity contribution in [3.8, 4) is 0 Å². The number of nitrogens with one attached hydrogen (secondary N) is 1. The van der Waals surface area contributed by atoms with E-state index in [-0.39, 0.29) is 11.7 Å². The molecule has 0 fully saturated rings. The first-order valence-corrected chi connectivity index (χ1v) is 6.70. The van der Waals surface area contributed by atoms with Crippen molar-refractivity contribution in [3.63, 3.8) is 0 Å². The minimum Gasteiger partial charge on any atom is -0.463 e. The van der Waals surface area contributed by atoms with Crippen LogP contribution in [0.4, 0.5) is 5.82 Å². The molecule has 1 N–H and O–H groups in total. The lowest BCUT2D eigenvalue weighted by Crippen LogP contribution is -2.14. The predicted molar refractivity (Wildman–Crippen MR) is 73.9 cm³/mol. The zero-order valence-corrected chi connectivity index (χ0v) is 12.7. The van der Waals surface area contributed by atoms with Gasteiger partial charge in [0.25, 0.3) is 0 Å². The highest BCUT2D eigenvalue weighted by Crippen LogP contribution is 2.28. The molecule has 0 saturated heterocycles. The van der Waals surface area contributed by atoms with Gasteiger partial charge in [0.15, 0.2) is 0 Å². The SMILES string of the molecule is CCCNc1nc(C(=O)OC)nc(C(C)C)c1Br. The second-order valence-electron chi connectivity index (χ2n) is 4.17. The zero-order chi connectivity index (χ0) is 13.7. The highest BCUT2D eigenvalue weighted by molar-refractivity contribution is 9.10. The third-order valence-corrected chi connectivity index (χ3v) is 3.12. The molecule has 0 amide bonds. The number of esters is 1. The minimum absolute atomic E-state index is 0.0861. The highest BCUT2D eigenvalue weighted by atomic mass is 79.9. The van der Waals surface area contributed by atoms with Gasteiger partial charge in [-0.05, 0) is 28.3 Å². The molecule has 0 aliphatic heterocycles. The monoisotopic (exact) mass is 315 g/mol. The van der Waals surface area contributed by atoms with Crippen LogP contribution in [-0.2, 0) is 4.74 Å². The van der Waals surface area contributed by atoms with E-state index in [0.29, 0.717) is 5.82 Å². The largest absolute Gasteiger partial charge is 0.463 e. The lowest BCUT2D eigenvalue weighted by molar-refractivity contribution is 0.0586. The summed E-state index contributed by atoms with van der Waals surface area (Å²) in [5, 5.41) is 3.17. The summed E-state index contributed by atoms with van der Waals surface area (Å²) in [4.78, 5) is 20.0. The zero-order valence-electron chi connectivity index (χ0n) is 11.1. The third kappa shape index (κ3) is 3.41. The van der Waals surface area contributed by atoms with Crippen LogP contribution in [0.1, 0.15) is 49.4 Å². The van der Waals surface area contributed by atoms with E-state index in [2.05, 4.69) is 42.9 Å². The van der Waals surface area contributed by atoms with Gasteiger partial charge in [0.2, 0.25) is 5.82 Å². The summed E-state index contributed by atoms with van der Waals surface area (Å²) in [5.41, 5.74) is 0.795. The average molecular weight is 316 g/mol. The number of hydrogen-bond acceptors (Lipinski definition) is 5. The first-order valence-electron chi connectivity index (χ1n) is 5.90. The molecule has 0 unspecified atom stereocenters. The number of ether oxygens (including phenoxy) is 1. The molecule has 0 bridgehead atoms. The standard InChI is InChI=1S/C12H18BrN3O2/c1-5-6-14-10-8(13)9(7(2)3)15-11(16-10)12(17)18-4/h7H,5-6H2,1-4H3,(H,14,15,16). The Morgan fingerprint density at radius 2 is 2.11 bits per heavy atom. The molecule has 0 saturated carbocycles. The molecule has 0 spiro atoms. The average Bonchev–Trinajstić information content (AvgIpc) is 2.36. The van der Waals surface area contributed by atoms with Crippen molar-refractivity contribution in [2.75, 3.05) is 19.0 Å². The molecule has 100 valence electrons. The number of nitrogens with zero attached hydrogens (tertiary/aromatic N) is 2. The van der Waals surface area contributed by atoms with Crippen LogP contribution >= 0.6 is 15.9 Å². The fourth-order valence-electron chi connectivity index (χ4n) is 1.39. The number of aromatic nitrogens is 2. The van der Waals surface area contributed by atoms with Crippen molar-refractivity contribution in [1.29, 1.82) is 0 Å². The van der Waals surface area contributed by atoms with E-state index in [1.165, 1.54) is 7.11 Å². The highest BCUT2D eigenvalue weighted by Gasteiger charge is 2.18. The first-order chi connectivity index (χ1) is 8.51. The van der Waals surface area contributed by atoms with Crippen molar-refractivity contribution in [3.05, 3.63) is 16.0 Å². The van der Waals surface area contributed by atoms with Gasteiger partial charge in [-0.1, -0.05) is 20.8 Å². The quantitative estimate of drug-likeness (QED) is 0.846. The van der Waals surface area contributed by atoms with Crippen molar-refractivity contribution >= 4 is 27.7 Å². The molecule has 0 aliphatic rings. The molecule has 0 aliphatic carbocycles. The van der Waals surface area contributed by atoms with E-state index in [9.17, 15) is 4.79 Å². The van der Waals surface area contributed by atoms with Crippen LogP contribution in [0.15, 0.2) is 4.47 Å². The van der Waals surface area contributed by atoms with Crippen LogP contribution in [0.5, 0.6) is 0 Å². The van der Waals surface area contributed by atoms with Gasteiger partial charge in [-0.25, -0.2) is 14.8 Å². The van der Waals surface area contributed by atoms with Crippen LogP contribution in [0.25, 0.3) is 0 Å². The Kier molecular flexibility index (Phi) is 5.53. The van der Waals surface area contributed by atoms with Crippen LogP contribution in [0.2, 0.25) is 0 Å². The van der Waals surface area contributed by atoms with Gasteiger partial charge < -0.3 is 10.1 Å². The minimum atomic E-state index is -0.524. The number of methoxy groups -OCH3 is 1. The fourth-order valence-corrected chi connectivity index (χ4v) is 2.17. The molecule has 0 aromatic carbocycles. The maximum Gasteiger partial charge on any atom is 0.376 e. The first kappa shape index (κ1) is 14.9. The molecule has 0 radical (unpaired) electrons. The third-order valence-electron chi connectivity index (χ3n) is 2.33. The normalized spacial score (nSPS) is 10.6. The Morgan fingerprint density at radius 3 is 2.61 bits per heavy atom. The Hall–Kier alpha value is -1.17. The lowest BCUT2D eigenvalue weighted by Gasteiger charge is -2.13. The molecule has 6 heteroatoms. The Bertz CT molecular complexity index is 436. The molecule has 1 heterocycles. The molecule has 1 rings (SSSR count). The number of anilines is 1.